The van der Waals surface area contributed by atoms with E-state index in [0.29, 0.717) is 17.0 Å². The second kappa shape index (κ2) is 5.89. The fourth-order valence-corrected chi connectivity index (χ4v) is 2.36. The van der Waals surface area contributed by atoms with E-state index in [4.69, 9.17) is 4.74 Å². The van der Waals surface area contributed by atoms with Gasteiger partial charge in [-0.1, -0.05) is 34.1 Å². The number of halogens is 1. The summed E-state index contributed by atoms with van der Waals surface area (Å²) in [7, 11) is 1.58. The summed E-state index contributed by atoms with van der Waals surface area (Å²) in [6.07, 6.45) is 0. The monoisotopic (exact) mass is 319 g/mol. The number of nitrogens with one attached hydrogen (secondary N) is 1. The quantitative estimate of drug-likeness (QED) is 0.928. The number of anilines is 1. The molecule has 1 N–H and O–H groups in total. The van der Waals surface area contributed by atoms with Crippen LogP contribution in [0.5, 0.6) is 5.75 Å². The van der Waals surface area contributed by atoms with Crippen molar-refractivity contribution >= 4 is 27.5 Å². The third-order valence-corrected chi connectivity index (χ3v) is 3.22. The van der Waals surface area contributed by atoms with Crippen molar-refractivity contribution in [1.82, 2.24) is 0 Å². The van der Waals surface area contributed by atoms with Gasteiger partial charge in [0.1, 0.15) is 5.75 Å². The molecule has 0 unspecified atom stereocenters. The molecule has 0 aliphatic rings. The van der Waals surface area contributed by atoms with Gasteiger partial charge in [-0.05, 0) is 36.8 Å². The van der Waals surface area contributed by atoms with E-state index in [0.717, 1.165) is 10.0 Å². The number of aryl methyl sites for hydroxylation is 1. The zero-order valence-electron chi connectivity index (χ0n) is 10.7. The molecule has 19 heavy (non-hydrogen) atoms. The maximum Gasteiger partial charge on any atom is 0.255 e. The minimum atomic E-state index is -0.149. The van der Waals surface area contributed by atoms with Gasteiger partial charge in [-0.25, -0.2) is 0 Å². The third kappa shape index (κ3) is 3.15. The van der Waals surface area contributed by atoms with Gasteiger partial charge in [0, 0.05) is 10.0 Å². The summed E-state index contributed by atoms with van der Waals surface area (Å²) in [4.78, 5) is 12.1. The number of hydrogen-bond donors (Lipinski definition) is 1. The number of carbonyl (C=O) groups excluding carboxylic acids is 1. The van der Waals surface area contributed by atoms with Crippen LogP contribution in [0.2, 0.25) is 0 Å². The van der Waals surface area contributed by atoms with Crippen LogP contribution in [0, 0.1) is 6.92 Å². The molecule has 0 saturated carbocycles. The van der Waals surface area contributed by atoms with E-state index in [2.05, 4.69) is 21.2 Å². The molecule has 0 aromatic heterocycles. The SMILES string of the molecule is COc1cc(Br)cc(C)c1NC(=O)c1ccccc1. The average Bonchev–Trinajstić information content (AvgIpc) is 2.42. The zero-order valence-corrected chi connectivity index (χ0v) is 12.3. The first-order valence-electron chi connectivity index (χ1n) is 5.82. The van der Waals surface area contributed by atoms with Crippen LogP contribution in [0.15, 0.2) is 46.9 Å². The molecule has 0 radical (unpaired) electrons. The van der Waals surface area contributed by atoms with Crippen LogP contribution in [0.1, 0.15) is 15.9 Å². The summed E-state index contributed by atoms with van der Waals surface area (Å²) < 4.78 is 6.22. The van der Waals surface area contributed by atoms with Crippen molar-refractivity contribution in [2.45, 2.75) is 6.92 Å². The van der Waals surface area contributed by atoms with E-state index in [9.17, 15) is 4.79 Å². The average molecular weight is 320 g/mol. The summed E-state index contributed by atoms with van der Waals surface area (Å²) in [6, 6.07) is 12.9. The molecular formula is C15H14BrNO2. The summed E-state index contributed by atoms with van der Waals surface area (Å²) in [6.45, 7) is 1.92. The van der Waals surface area contributed by atoms with Crippen LogP contribution in [0.25, 0.3) is 0 Å². The Hall–Kier alpha value is -1.81. The summed E-state index contributed by atoms with van der Waals surface area (Å²) >= 11 is 3.41. The maximum atomic E-state index is 12.1. The highest BCUT2D eigenvalue weighted by Crippen LogP contribution is 2.32. The van der Waals surface area contributed by atoms with Gasteiger partial charge in [0.2, 0.25) is 0 Å². The third-order valence-electron chi connectivity index (χ3n) is 2.76. The van der Waals surface area contributed by atoms with E-state index in [1.165, 1.54) is 0 Å². The fraction of sp³-hybridized carbons (Fsp3) is 0.133. The summed E-state index contributed by atoms with van der Waals surface area (Å²) in [5.74, 6) is 0.487. The first-order chi connectivity index (χ1) is 9.11. The van der Waals surface area contributed by atoms with E-state index in [-0.39, 0.29) is 5.91 Å². The van der Waals surface area contributed by atoms with Gasteiger partial charge in [0.05, 0.1) is 12.8 Å². The zero-order chi connectivity index (χ0) is 13.8. The number of carbonyl (C=O) groups is 1. The van der Waals surface area contributed by atoms with Crippen LogP contribution in [0.3, 0.4) is 0 Å². The van der Waals surface area contributed by atoms with Crippen molar-refractivity contribution in [1.29, 1.82) is 0 Å². The van der Waals surface area contributed by atoms with Crippen molar-refractivity contribution in [2.24, 2.45) is 0 Å². The van der Waals surface area contributed by atoms with Gasteiger partial charge in [-0.15, -0.1) is 0 Å². The van der Waals surface area contributed by atoms with Crippen molar-refractivity contribution in [3.63, 3.8) is 0 Å². The molecule has 0 fully saturated rings. The van der Waals surface area contributed by atoms with E-state index >= 15 is 0 Å². The normalized spacial score (nSPS) is 10.1. The minimum absolute atomic E-state index is 0.149. The highest BCUT2D eigenvalue weighted by Gasteiger charge is 2.12. The standard InChI is InChI=1S/C15H14BrNO2/c1-10-8-12(16)9-13(19-2)14(10)17-15(18)11-6-4-3-5-7-11/h3-9H,1-2H3,(H,17,18). The second-order valence-electron chi connectivity index (χ2n) is 4.12. The molecule has 2 rings (SSSR count). The molecule has 0 spiro atoms. The van der Waals surface area contributed by atoms with Crippen molar-refractivity contribution in [3.8, 4) is 5.75 Å². The Bertz CT molecular complexity index is 597. The highest BCUT2D eigenvalue weighted by molar-refractivity contribution is 9.10. The Labute approximate surface area is 120 Å². The molecule has 0 aliphatic carbocycles. The Balaban J connectivity index is 2.31. The number of methoxy groups -OCH3 is 1. The predicted octanol–water partition coefficient (Wildman–Crippen LogP) is 4.02. The largest absolute Gasteiger partial charge is 0.495 e. The van der Waals surface area contributed by atoms with Crippen LogP contribution in [-0.4, -0.2) is 13.0 Å². The van der Waals surface area contributed by atoms with Gasteiger partial charge in [-0.3, -0.25) is 4.79 Å². The second-order valence-corrected chi connectivity index (χ2v) is 5.04. The van der Waals surface area contributed by atoms with E-state index in [1.54, 1.807) is 19.2 Å². The van der Waals surface area contributed by atoms with Gasteiger partial charge in [0.25, 0.3) is 5.91 Å². The lowest BCUT2D eigenvalue weighted by atomic mass is 10.1. The van der Waals surface area contributed by atoms with Crippen LogP contribution >= 0.6 is 15.9 Å². The molecule has 1 amide bonds. The summed E-state index contributed by atoms with van der Waals surface area (Å²) in [5.41, 5.74) is 2.25. The lowest BCUT2D eigenvalue weighted by Gasteiger charge is -2.13. The molecule has 0 bridgehead atoms. The number of ether oxygens (including phenoxy) is 1. The Kier molecular flexibility index (Phi) is 4.22. The molecule has 0 heterocycles. The Morgan fingerprint density at radius 1 is 1.21 bits per heavy atom. The van der Waals surface area contributed by atoms with Gasteiger partial charge in [-0.2, -0.15) is 0 Å². The minimum Gasteiger partial charge on any atom is -0.495 e. The van der Waals surface area contributed by atoms with Crippen molar-refractivity contribution in [3.05, 3.63) is 58.1 Å². The molecule has 98 valence electrons. The number of amides is 1. The topological polar surface area (TPSA) is 38.3 Å². The first-order valence-corrected chi connectivity index (χ1v) is 6.61. The molecule has 0 atom stereocenters. The Morgan fingerprint density at radius 3 is 2.53 bits per heavy atom. The maximum absolute atomic E-state index is 12.1. The number of hydrogen-bond acceptors (Lipinski definition) is 2. The molecule has 4 heteroatoms. The van der Waals surface area contributed by atoms with Crippen molar-refractivity contribution < 1.29 is 9.53 Å². The molecule has 3 nitrogen and oxygen atoms in total. The lowest BCUT2D eigenvalue weighted by molar-refractivity contribution is 0.102. The molecule has 0 saturated heterocycles. The molecule has 2 aromatic carbocycles. The van der Waals surface area contributed by atoms with Crippen LogP contribution < -0.4 is 10.1 Å². The number of benzene rings is 2. The molecule has 0 aliphatic heterocycles. The highest BCUT2D eigenvalue weighted by atomic mass is 79.9. The first kappa shape index (κ1) is 13.6. The fourth-order valence-electron chi connectivity index (χ4n) is 1.81. The molecular weight excluding hydrogens is 306 g/mol. The van der Waals surface area contributed by atoms with Crippen molar-refractivity contribution in [2.75, 3.05) is 12.4 Å². The lowest BCUT2D eigenvalue weighted by Crippen LogP contribution is -2.13. The summed E-state index contributed by atoms with van der Waals surface area (Å²) in [5, 5.41) is 2.89. The van der Waals surface area contributed by atoms with E-state index < -0.39 is 0 Å². The van der Waals surface area contributed by atoms with E-state index in [1.807, 2.05) is 37.3 Å². The van der Waals surface area contributed by atoms with Crippen LogP contribution in [-0.2, 0) is 0 Å². The van der Waals surface area contributed by atoms with Gasteiger partial charge >= 0.3 is 0 Å². The van der Waals surface area contributed by atoms with Gasteiger partial charge in [0.15, 0.2) is 0 Å². The van der Waals surface area contributed by atoms with Crippen LogP contribution in [0.4, 0.5) is 5.69 Å². The Morgan fingerprint density at radius 2 is 1.89 bits per heavy atom. The smallest absolute Gasteiger partial charge is 0.255 e. The number of rotatable bonds is 3. The van der Waals surface area contributed by atoms with Gasteiger partial charge < -0.3 is 10.1 Å². The molecule has 2 aromatic rings. The predicted molar refractivity (Wildman–Crippen MR) is 79.8 cm³/mol.